The maximum Gasteiger partial charge on any atom is 0.232 e. The van der Waals surface area contributed by atoms with Gasteiger partial charge in [0.25, 0.3) is 0 Å². The molecule has 0 radical (unpaired) electrons. The van der Waals surface area contributed by atoms with E-state index in [0.717, 1.165) is 30.4 Å². The van der Waals surface area contributed by atoms with Crippen LogP contribution in [0, 0.1) is 0 Å². The first-order valence-corrected chi connectivity index (χ1v) is 18.0. The van der Waals surface area contributed by atoms with Gasteiger partial charge >= 0.3 is 0 Å². The van der Waals surface area contributed by atoms with Crippen LogP contribution in [0.3, 0.4) is 0 Å². The van der Waals surface area contributed by atoms with Crippen molar-refractivity contribution in [3.05, 3.63) is 71.8 Å². The van der Waals surface area contributed by atoms with Gasteiger partial charge in [0.1, 0.15) is 30.5 Å². The van der Waals surface area contributed by atoms with Crippen LogP contribution in [0.15, 0.2) is 60.7 Å². The van der Waals surface area contributed by atoms with E-state index in [-0.39, 0.29) is 6.61 Å². The first kappa shape index (κ1) is 40.0. The minimum Gasteiger partial charge on any atom is -0.394 e. The van der Waals surface area contributed by atoms with E-state index in [9.17, 15) is 35.4 Å². The van der Waals surface area contributed by atoms with E-state index in [0.29, 0.717) is 12.8 Å². The molecule has 2 aromatic carbocycles. The Bertz CT molecular complexity index is 1080. The molecule has 48 heavy (non-hydrogen) atoms. The van der Waals surface area contributed by atoms with Crippen LogP contribution >= 0.6 is 0 Å². The van der Waals surface area contributed by atoms with Gasteiger partial charge in [-0.1, -0.05) is 145 Å². The highest BCUT2D eigenvalue weighted by atomic mass is 16.7. The molecule has 1 heterocycles. The van der Waals surface area contributed by atoms with Crippen LogP contribution in [-0.4, -0.2) is 98.7 Å². The zero-order valence-corrected chi connectivity index (χ0v) is 28.5. The largest absolute Gasteiger partial charge is 0.394 e. The van der Waals surface area contributed by atoms with Crippen molar-refractivity contribution in [3.63, 3.8) is 0 Å². The summed E-state index contributed by atoms with van der Waals surface area (Å²) in [6.45, 7) is 1.22. The molecule has 1 aliphatic heterocycles. The molecule has 2 aromatic rings. The van der Waals surface area contributed by atoms with Gasteiger partial charge in [-0.2, -0.15) is 0 Å². The van der Waals surface area contributed by atoms with Crippen molar-refractivity contribution in [1.29, 1.82) is 0 Å². The van der Waals surface area contributed by atoms with Gasteiger partial charge in [0.2, 0.25) is 5.91 Å². The smallest absolute Gasteiger partial charge is 0.232 e. The van der Waals surface area contributed by atoms with Crippen LogP contribution in [0.25, 0.3) is 0 Å². The van der Waals surface area contributed by atoms with E-state index >= 15 is 0 Å². The molecule has 270 valence electrons. The molecule has 8 atom stereocenters. The number of carbonyl (C=O) groups is 1. The number of carbonyl (C=O) groups excluding carboxylic acids is 1. The minimum absolute atomic E-state index is 0.325. The Kier molecular flexibility index (Phi) is 18.6. The van der Waals surface area contributed by atoms with Gasteiger partial charge in [-0.25, -0.2) is 0 Å². The van der Waals surface area contributed by atoms with Gasteiger partial charge in [0.05, 0.1) is 31.3 Å². The number of hydrogen-bond acceptors (Lipinski definition) is 9. The number of ether oxygens (including phenoxy) is 2. The second kappa shape index (κ2) is 22.3. The Morgan fingerprint density at radius 2 is 1.25 bits per heavy atom. The third-order valence-corrected chi connectivity index (χ3v) is 9.30. The normalized spacial score (nSPS) is 23.1. The Morgan fingerprint density at radius 1 is 0.750 bits per heavy atom. The molecule has 0 unspecified atom stereocenters. The van der Waals surface area contributed by atoms with Crippen molar-refractivity contribution in [3.8, 4) is 0 Å². The monoisotopic (exact) mass is 673 g/mol. The number of hydrogen-bond donors (Lipinski definition) is 7. The second-order valence-corrected chi connectivity index (χ2v) is 13.1. The molecule has 0 aromatic heterocycles. The van der Waals surface area contributed by atoms with E-state index in [4.69, 9.17) is 9.47 Å². The SMILES string of the molecule is CCCCCCCCCCCCCC[C@@H](O)[C@@H](O)[C@H](CO[C@H]1O[C@H](CO)[C@H](O)[C@H](O)[C@H]1O)NC(=O)C(c1ccccc1)c1ccccc1. The number of amides is 1. The van der Waals surface area contributed by atoms with Crippen LogP contribution in [0.4, 0.5) is 0 Å². The summed E-state index contributed by atoms with van der Waals surface area (Å²) >= 11 is 0. The molecule has 7 N–H and O–H groups in total. The van der Waals surface area contributed by atoms with E-state index in [1.807, 2.05) is 60.7 Å². The van der Waals surface area contributed by atoms with E-state index < -0.39 is 67.4 Å². The number of rotatable bonds is 23. The fourth-order valence-corrected chi connectivity index (χ4v) is 6.31. The summed E-state index contributed by atoms with van der Waals surface area (Å²) in [5.74, 6) is -1.14. The topological polar surface area (TPSA) is 169 Å². The lowest BCUT2D eigenvalue weighted by Crippen LogP contribution is -2.60. The lowest BCUT2D eigenvalue weighted by molar-refractivity contribution is -0.303. The lowest BCUT2D eigenvalue weighted by Gasteiger charge is -2.40. The van der Waals surface area contributed by atoms with E-state index in [2.05, 4.69) is 12.2 Å². The van der Waals surface area contributed by atoms with Crippen LogP contribution in [0.2, 0.25) is 0 Å². The molecule has 1 fully saturated rings. The lowest BCUT2D eigenvalue weighted by atomic mass is 9.90. The number of benzene rings is 2. The fourth-order valence-electron chi connectivity index (χ4n) is 6.31. The van der Waals surface area contributed by atoms with Gasteiger partial charge in [-0.15, -0.1) is 0 Å². The number of unbranched alkanes of at least 4 members (excludes halogenated alkanes) is 11. The summed E-state index contributed by atoms with van der Waals surface area (Å²) in [4.78, 5) is 13.9. The minimum atomic E-state index is -1.65. The molecular weight excluding hydrogens is 614 g/mol. The van der Waals surface area contributed by atoms with Crippen molar-refractivity contribution in [2.75, 3.05) is 13.2 Å². The highest BCUT2D eigenvalue weighted by molar-refractivity contribution is 5.87. The molecule has 0 bridgehead atoms. The maximum absolute atomic E-state index is 13.9. The van der Waals surface area contributed by atoms with Crippen LogP contribution in [0.5, 0.6) is 0 Å². The zero-order valence-electron chi connectivity index (χ0n) is 28.5. The van der Waals surface area contributed by atoms with Gasteiger partial charge in [0.15, 0.2) is 6.29 Å². The van der Waals surface area contributed by atoms with Gasteiger partial charge in [0, 0.05) is 0 Å². The predicted molar refractivity (Wildman–Crippen MR) is 184 cm³/mol. The first-order valence-electron chi connectivity index (χ1n) is 18.0. The average molecular weight is 674 g/mol. The van der Waals surface area contributed by atoms with E-state index in [1.54, 1.807) is 0 Å². The Labute approximate surface area is 286 Å². The van der Waals surface area contributed by atoms with Crippen molar-refractivity contribution in [1.82, 2.24) is 5.32 Å². The Hall–Kier alpha value is -2.41. The second-order valence-electron chi connectivity index (χ2n) is 13.1. The molecule has 0 spiro atoms. The number of aliphatic hydroxyl groups is 6. The quantitative estimate of drug-likeness (QED) is 0.0865. The standard InChI is InChI=1S/C38H59NO9/c1-2-3-4-5-6-7-8-9-10-11-12-19-24-30(41)33(42)29(26-47-38-36(45)35(44)34(43)31(25-40)48-38)39-37(46)32(27-20-15-13-16-21-27)28-22-17-14-18-23-28/h13-18,20-23,29-36,38,40-45H,2-12,19,24-26H2,1H3,(H,39,46)/t29-,30+,31+,33-,34-,35-,36+,38-/m0/s1. The molecule has 0 saturated carbocycles. The van der Waals surface area contributed by atoms with Crippen molar-refractivity contribution >= 4 is 5.91 Å². The average Bonchev–Trinajstić information content (AvgIpc) is 3.10. The van der Waals surface area contributed by atoms with E-state index in [1.165, 1.54) is 51.4 Å². The summed E-state index contributed by atoms with van der Waals surface area (Å²) in [6, 6.07) is 17.3. The van der Waals surface area contributed by atoms with Crippen molar-refractivity contribution in [2.45, 2.75) is 145 Å². The highest BCUT2D eigenvalue weighted by Crippen LogP contribution is 2.26. The van der Waals surface area contributed by atoms with Gasteiger partial charge < -0.3 is 45.4 Å². The predicted octanol–water partition coefficient (Wildman–Crippen LogP) is 3.93. The molecule has 10 heteroatoms. The molecule has 3 rings (SSSR count). The van der Waals surface area contributed by atoms with Crippen LogP contribution < -0.4 is 5.32 Å². The summed E-state index contributed by atoms with van der Waals surface area (Å²) in [5.41, 5.74) is 1.47. The summed E-state index contributed by atoms with van der Waals surface area (Å²) < 4.78 is 11.2. The van der Waals surface area contributed by atoms with Crippen molar-refractivity contribution < 1.29 is 44.9 Å². The Morgan fingerprint density at radius 3 is 1.75 bits per heavy atom. The maximum atomic E-state index is 13.9. The third-order valence-electron chi connectivity index (χ3n) is 9.30. The molecule has 0 aliphatic carbocycles. The van der Waals surface area contributed by atoms with Gasteiger partial charge in [-0.3, -0.25) is 4.79 Å². The summed E-state index contributed by atoms with van der Waals surface area (Å²) in [5, 5.41) is 65.6. The van der Waals surface area contributed by atoms with Crippen LogP contribution in [0.1, 0.15) is 107 Å². The molecule has 10 nitrogen and oxygen atoms in total. The molecule has 1 saturated heterocycles. The summed E-state index contributed by atoms with van der Waals surface area (Å²) in [6.07, 6.45) is 4.34. The molecule has 1 aliphatic rings. The fraction of sp³-hybridized carbons (Fsp3) is 0.658. The zero-order chi connectivity index (χ0) is 34.7. The van der Waals surface area contributed by atoms with Gasteiger partial charge in [-0.05, 0) is 17.5 Å². The summed E-state index contributed by atoms with van der Waals surface area (Å²) in [7, 11) is 0. The van der Waals surface area contributed by atoms with Crippen molar-refractivity contribution in [2.24, 2.45) is 0 Å². The number of nitrogens with one attached hydrogen (secondary N) is 1. The molecular formula is C38H59NO9. The third kappa shape index (κ3) is 12.8. The highest BCUT2D eigenvalue weighted by Gasteiger charge is 2.44. The Balaban J connectivity index is 1.61. The first-order chi connectivity index (χ1) is 23.3. The number of aliphatic hydroxyl groups excluding tert-OH is 6. The van der Waals surface area contributed by atoms with Crippen LogP contribution in [-0.2, 0) is 14.3 Å². The molecule has 1 amide bonds.